The fraction of sp³-hybridized carbons (Fsp3) is 0.0303. The molecule has 0 heterocycles. The molecule has 2 aliphatic carbocycles. The van der Waals surface area contributed by atoms with E-state index in [9.17, 15) is 0 Å². The number of hydrogen-bond acceptors (Lipinski definition) is 2. The quantitative estimate of drug-likeness (QED) is 0.126. The van der Waals surface area contributed by atoms with Crippen LogP contribution in [0.2, 0.25) is 0 Å². The standard InChI is InChI=1S/C66H48N2/c1-47-17-11-16-28-65(47)68(54-22-9-4-10-23-54)56-41-35-49(36-42-56)30-32-51-38-44-60-59-43-37-50(45-63(59)66(64(60)46-51)61-26-14-12-24-57(61)58-25-13-15-27-62(58)66)31-29-48-33-39-55(40-34-48)67(52-18-5-2-6-19-52)53-20-7-3-8-21-53/h2-46H,1H3/b31-29+,32-30+. The van der Waals surface area contributed by atoms with E-state index < -0.39 is 5.41 Å². The largest absolute Gasteiger partial charge is 0.311 e. The van der Waals surface area contributed by atoms with Gasteiger partial charge in [-0.3, -0.25) is 0 Å². The van der Waals surface area contributed by atoms with Gasteiger partial charge in [-0.25, -0.2) is 0 Å². The van der Waals surface area contributed by atoms with E-state index in [0.717, 1.165) is 39.6 Å². The van der Waals surface area contributed by atoms with Gasteiger partial charge in [-0.05, 0) is 158 Å². The second kappa shape index (κ2) is 17.3. The summed E-state index contributed by atoms with van der Waals surface area (Å²) in [7, 11) is 0. The van der Waals surface area contributed by atoms with Crippen molar-refractivity contribution in [2.24, 2.45) is 0 Å². The lowest BCUT2D eigenvalue weighted by molar-refractivity contribution is 0.793. The average molecular weight is 869 g/mol. The molecular weight excluding hydrogens is 821 g/mol. The monoisotopic (exact) mass is 868 g/mol. The van der Waals surface area contributed by atoms with Crippen molar-refractivity contribution in [3.8, 4) is 22.3 Å². The Balaban J connectivity index is 0.889. The molecular formula is C66H48N2. The van der Waals surface area contributed by atoms with Crippen LogP contribution in [-0.2, 0) is 5.41 Å². The Hall–Kier alpha value is -8.72. The Bertz CT molecular complexity index is 3410. The number of aryl methyl sites for hydroxylation is 1. The number of para-hydroxylation sites is 4. The van der Waals surface area contributed by atoms with E-state index >= 15 is 0 Å². The van der Waals surface area contributed by atoms with Crippen LogP contribution in [0.1, 0.15) is 50.1 Å². The maximum absolute atomic E-state index is 2.44. The molecule has 2 aliphatic rings. The van der Waals surface area contributed by atoms with Gasteiger partial charge in [-0.2, -0.15) is 0 Å². The zero-order valence-corrected chi connectivity index (χ0v) is 37.9. The fourth-order valence-corrected chi connectivity index (χ4v) is 10.7. The molecule has 0 atom stereocenters. The minimum Gasteiger partial charge on any atom is -0.311 e. The van der Waals surface area contributed by atoms with Crippen molar-refractivity contribution in [2.45, 2.75) is 12.3 Å². The highest BCUT2D eigenvalue weighted by Gasteiger charge is 2.51. The van der Waals surface area contributed by atoms with Crippen molar-refractivity contribution in [1.82, 2.24) is 0 Å². The lowest BCUT2D eigenvalue weighted by Gasteiger charge is -2.30. The van der Waals surface area contributed by atoms with Crippen LogP contribution in [0, 0.1) is 6.92 Å². The first-order valence-corrected chi connectivity index (χ1v) is 23.5. The van der Waals surface area contributed by atoms with Crippen LogP contribution in [0.4, 0.5) is 34.1 Å². The molecule has 0 aliphatic heterocycles. The van der Waals surface area contributed by atoms with Gasteiger partial charge >= 0.3 is 0 Å². The average Bonchev–Trinajstić information content (AvgIpc) is 3.86. The van der Waals surface area contributed by atoms with Gasteiger partial charge < -0.3 is 9.80 Å². The highest BCUT2D eigenvalue weighted by Crippen LogP contribution is 2.63. The zero-order chi connectivity index (χ0) is 45.4. The Morgan fingerprint density at radius 2 is 0.618 bits per heavy atom. The molecule has 1 spiro atoms. The molecule has 0 aromatic heterocycles. The summed E-state index contributed by atoms with van der Waals surface area (Å²) in [6.45, 7) is 2.17. The van der Waals surface area contributed by atoms with Gasteiger partial charge in [-0.1, -0.05) is 194 Å². The molecule has 0 fully saturated rings. The number of nitrogens with zero attached hydrogens (tertiary/aromatic N) is 2. The Labute approximate surface area is 399 Å². The molecule has 0 amide bonds. The van der Waals surface area contributed by atoms with Crippen LogP contribution in [0.15, 0.2) is 249 Å². The van der Waals surface area contributed by atoms with Crippen LogP contribution >= 0.6 is 0 Å². The first-order valence-electron chi connectivity index (χ1n) is 23.5. The molecule has 0 saturated carbocycles. The van der Waals surface area contributed by atoms with Gasteiger partial charge in [0.15, 0.2) is 0 Å². The summed E-state index contributed by atoms with van der Waals surface area (Å²) < 4.78 is 0. The third kappa shape index (κ3) is 7.06. The van der Waals surface area contributed by atoms with Gasteiger partial charge in [-0.15, -0.1) is 0 Å². The van der Waals surface area contributed by atoms with E-state index in [1.807, 2.05) is 0 Å². The van der Waals surface area contributed by atoms with Crippen molar-refractivity contribution >= 4 is 58.4 Å². The van der Waals surface area contributed by atoms with E-state index in [2.05, 4.69) is 290 Å². The molecule has 2 nitrogen and oxygen atoms in total. The summed E-state index contributed by atoms with van der Waals surface area (Å²) in [6, 6.07) is 90.3. The van der Waals surface area contributed by atoms with Gasteiger partial charge in [0, 0.05) is 34.1 Å². The highest BCUT2D eigenvalue weighted by molar-refractivity contribution is 5.96. The number of rotatable bonds is 10. The smallest absolute Gasteiger partial charge is 0.0725 e. The Morgan fingerprint density at radius 1 is 0.279 bits per heavy atom. The molecule has 2 heteroatoms. The Kier molecular flexibility index (Phi) is 10.3. The number of fused-ring (bicyclic) bond motifs is 10. The maximum Gasteiger partial charge on any atom is 0.0725 e. The van der Waals surface area contributed by atoms with E-state index in [-0.39, 0.29) is 0 Å². The number of benzene rings is 10. The van der Waals surface area contributed by atoms with Crippen LogP contribution in [0.5, 0.6) is 0 Å². The van der Waals surface area contributed by atoms with E-state index in [4.69, 9.17) is 0 Å². The molecule has 10 aromatic rings. The molecule has 10 aromatic carbocycles. The SMILES string of the molecule is Cc1ccccc1N(c1ccccc1)c1ccc(/C=C/c2ccc3c(c2)C2(c4ccccc4-c4ccccc42)c2cc(/C=C/c4ccc(N(c5ccccc5)c5ccccc5)cc4)ccc2-3)cc1. The predicted octanol–water partition coefficient (Wildman–Crippen LogP) is 17.6. The second-order valence-corrected chi connectivity index (χ2v) is 17.8. The Morgan fingerprint density at radius 3 is 1.09 bits per heavy atom. The van der Waals surface area contributed by atoms with Crippen molar-refractivity contribution in [3.63, 3.8) is 0 Å². The summed E-state index contributed by atoms with van der Waals surface area (Å²) in [6.07, 6.45) is 9.02. The van der Waals surface area contributed by atoms with Gasteiger partial charge in [0.1, 0.15) is 0 Å². The molecule has 0 unspecified atom stereocenters. The van der Waals surface area contributed by atoms with Crippen LogP contribution < -0.4 is 9.80 Å². The van der Waals surface area contributed by atoms with Gasteiger partial charge in [0.05, 0.1) is 5.41 Å². The molecule has 0 N–H and O–H groups in total. The van der Waals surface area contributed by atoms with E-state index in [1.165, 1.54) is 66.9 Å². The van der Waals surface area contributed by atoms with E-state index in [0.29, 0.717) is 0 Å². The molecule has 0 radical (unpaired) electrons. The van der Waals surface area contributed by atoms with Crippen molar-refractivity contribution in [3.05, 3.63) is 299 Å². The summed E-state index contributed by atoms with van der Waals surface area (Å²) in [5.41, 5.74) is 22.8. The van der Waals surface area contributed by atoms with Crippen LogP contribution in [0.3, 0.4) is 0 Å². The van der Waals surface area contributed by atoms with Crippen molar-refractivity contribution in [1.29, 1.82) is 0 Å². The maximum atomic E-state index is 2.44. The molecule has 0 bridgehead atoms. The van der Waals surface area contributed by atoms with Crippen LogP contribution in [0.25, 0.3) is 46.6 Å². The second-order valence-electron chi connectivity index (χ2n) is 17.8. The normalized spacial score (nSPS) is 12.8. The first-order chi connectivity index (χ1) is 33.6. The summed E-state index contributed by atoms with van der Waals surface area (Å²) >= 11 is 0. The minimum atomic E-state index is -0.455. The minimum absolute atomic E-state index is 0.455. The molecule has 0 saturated heterocycles. The van der Waals surface area contributed by atoms with Gasteiger partial charge in [0.2, 0.25) is 0 Å². The molecule has 322 valence electrons. The summed E-state index contributed by atoms with van der Waals surface area (Å²) in [4.78, 5) is 4.64. The molecule has 12 rings (SSSR count). The van der Waals surface area contributed by atoms with Crippen molar-refractivity contribution < 1.29 is 0 Å². The molecule has 68 heavy (non-hydrogen) atoms. The number of hydrogen-bond donors (Lipinski definition) is 0. The first kappa shape index (κ1) is 40.8. The number of anilines is 6. The lowest BCUT2D eigenvalue weighted by Crippen LogP contribution is -2.26. The van der Waals surface area contributed by atoms with Gasteiger partial charge in [0.25, 0.3) is 0 Å². The predicted molar refractivity (Wildman–Crippen MR) is 288 cm³/mol. The summed E-state index contributed by atoms with van der Waals surface area (Å²) in [5, 5.41) is 0. The summed E-state index contributed by atoms with van der Waals surface area (Å²) in [5.74, 6) is 0. The van der Waals surface area contributed by atoms with Crippen LogP contribution in [-0.4, -0.2) is 0 Å². The van der Waals surface area contributed by atoms with Crippen molar-refractivity contribution in [2.75, 3.05) is 9.80 Å². The third-order valence-electron chi connectivity index (χ3n) is 13.8. The fourth-order valence-electron chi connectivity index (χ4n) is 10.7. The van der Waals surface area contributed by atoms with E-state index in [1.54, 1.807) is 0 Å². The lowest BCUT2D eigenvalue weighted by atomic mass is 9.70. The highest BCUT2D eigenvalue weighted by atomic mass is 15.1. The zero-order valence-electron chi connectivity index (χ0n) is 37.9. The third-order valence-corrected chi connectivity index (χ3v) is 13.8. The topological polar surface area (TPSA) is 6.48 Å².